The van der Waals surface area contributed by atoms with E-state index >= 15 is 0 Å². The number of hydrogen-bond donors (Lipinski definition) is 2. The average molecular weight is 617 g/mol. The lowest BCUT2D eigenvalue weighted by atomic mass is 10.0. The van der Waals surface area contributed by atoms with Crippen LogP contribution in [0, 0.1) is 0 Å². The van der Waals surface area contributed by atoms with Gasteiger partial charge < -0.3 is 14.7 Å². The van der Waals surface area contributed by atoms with E-state index in [0.717, 1.165) is 38.5 Å². The van der Waals surface area contributed by atoms with Gasteiger partial charge in [-0.2, -0.15) is 0 Å². The molecular weight excluding hydrogens is 547 g/mol. The van der Waals surface area contributed by atoms with Gasteiger partial charge in [0.2, 0.25) is 11.0 Å². The molecule has 0 spiro atoms. The number of unbranched alkanes of at least 4 members (excludes halogenated alkanes) is 24. The van der Waals surface area contributed by atoms with Crippen LogP contribution in [0.3, 0.4) is 0 Å². The first-order chi connectivity index (χ1) is 20.4. The van der Waals surface area contributed by atoms with E-state index in [1.807, 2.05) is 0 Å². The molecule has 0 heterocycles. The Kier molecular flexibility index (Phi) is 30.1. The van der Waals surface area contributed by atoms with Crippen LogP contribution < -0.4 is 0 Å². The van der Waals surface area contributed by atoms with Gasteiger partial charge in [-0.1, -0.05) is 168 Å². The van der Waals surface area contributed by atoms with Gasteiger partial charge in [-0.15, -0.1) is 0 Å². The van der Waals surface area contributed by atoms with E-state index in [1.165, 1.54) is 116 Å². The Bertz CT molecular complexity index is 622. The van der Waals surface area contributed by atoms with E-state index < -0.39 is 37.7 Å². The smallest absolute Gasteiger partial charge is 0.330 e. The second-order valence-electron chi connectivity index (χ2n) is 12.5. The topological polar surface area (TPSA) is 101 Å². The molecule has 0 rings (SSSR count). The average Bonchev–Trinajstić information content (AvgIpc) is 2.99. The molecule has 0 fully saturated rings. The van der Waals surface area contributed by atoms with Gasteiger partial charge in [0.15, 0.2) is 0 Å². The SMILES string of the molecule is CCCCCCCCCCCCCCCC(=O)P(=O)(OCC(O)CO)C(=O)CCCCCCCCCCCCCCC. The number of rotatable bonds is 34. The van der Waals surface area contributed by atoms with Crippen molar-refractivity contribution in [3.63, 3.8) is 0 Å². The first kappa shape index (κ1) is 41.4. The maximum atomic E-state index is 13.4. The largest absolute Gasteiger partial charge is 0.394 e. The number of aliphatic hydroxyl groups excluding tert-OH is 2. The van der Waals surface area contributed by atoms with Crippen molar-refractivity contribution in [2.45, 2.75) is 200 Å². The third-order valence-electron chi connectivity index (χ3n) is 8.30. The van der Waals surface area contributed by atoms with Crippen molar-refractivity contribution < 1.29 is 28.9 Å². The molecule has 0 aromatic heterocycles. The second-order valence-corrected chi connectivity index (χ2v) is 14.8. The van der Waals surface area contributed by atoms with E-state index in [9.17, 15) is 19.3 Å². The Morgan fingerprint density at radius 2 is 0.786 bits per heavy atom. The minimum Gasteiger partial charge on any atom is -0.394 e. The quantitative estimate of drug-likeness (QED) is 0.0551. The highest BCUT2D eigenvalue weighted by Gasteiger charge is 2.40. The summed E-state index contributed by atoms with van der Waals surface area (Å²) in [6.07, 6.45) is 29.7. The molecule has 0 saturated heterocycles. The number of carbonyl (C=O) groups excluding carboxylic acids is 2. The zero-order chi connectivity index (χ0) is 31.2. The second kappa shape index (κ2) is 30.5. The Balaban J connectivity index is 4.17. The van der Waals surface area contributed by atoms with Gasteiger partial charge >= 0.3 is 7.37 Å². The summed E-state index contributed by atoms with van der Waals surface area (Å²) in [4.78, 5) is 25.8. The van der Waals surface area contributed by atoms with Crippen LogP contribution in [0.5, 0.6) is 0 Å². The van der Waals surface area contributed by atoms with Crippen LogP contribution >= 0.6 is 7.37 Å². The minimum atomic E-state index is -4.19. The Morgan fingerprint density at radius 1 is 0.524 bits per heavy atom. The van der Waals surface area contributed by atoms with E-state index in [-0.39, 0.29) is 12.8 Å². The molecular formula is C35H69O6P. The number of hydrogen-bond acceptors (Lipinski definition) is 6. The van der Waals surface area contributed by atoms with Gasteiger partial charge in [0, 0.05) is 12.8 Å². The van der Waals surface area contributed by atoms with Gasteiger partial charge in [0.25, 0.3) is 0 Å². The van der Waals surface area contributed by atoms with Crippen LogP contribution in [-0.2, 0) is 18.7 Å². The maximum absolute atomic E-state index is 13.4. The van der Waals surface area contributed by atoms with Crippen LogP contribution in [0.1, 0.15) is 194 Å². The summed E-state index contributed by atoms with van der Waals surface area (Å²) in [6.45, 7) is 3.45. The molecule has 250 valence electrons. The zero-order valence-electron chi connectivity index (χ0n) is 27.8. The molecule has 0 aliphatic carbocycles. The van der Waals surface area contributed by atoms with Crippen LogP contribution in [0.2, 0.25) is 0 Å². The predicted molar refractivity (Wildman–Crippen MR) is 177 cm³/mol. The number of carbonyl (C=O) groups is 2. The molecule has 0 amide bonds. The van der Waals surface area contributed by atoms with E-state index in [0.29, 0.717) is 12.8 Å². The van der Waals surface area contributed by atoms with Crippen LogP contribution in [0.25, 0.3) is 0 Å². The summed E-state index contributed by atoms with van der Waals surface area (Å²) in [7, 11) is -4.19. The first-order valence-corrected chi connectivity index (χ1v) is 19.6. The Morgan fingerprint density at radius 3 is 1.05 bits per heavy atom. The highest BCUT2D eigenvalue weighted by molar-refractivity contribution is 7.90. The Hall–Kier alpha value is -0.550. The standard InChI is InChI=1S/C35H69O6P/c1-3-5-7-9-11-13-15-17-19-21-23-25-27-29-34(38)42(40,41-32-33(37)31-36)35(39)30-28-26-24-22-20-18-16-14-12-10-8-6-4-2/h33,36-37H,3-32H2,1-2H3. The Labute approximate surface area is 260 Å². The molecule has 0 bridgehead atoms. The molecule has 0 aromatic rings. The fraction of sp³-hybridized carbons (Fsp3) is 0.943. The summed E-state index contributed by atoms with van der Waals surface area (Å²) in [5, 5.41) is 18.8. The molecule has 0 saturated carbocycles. The van der Waals surface area contributed by atoms with Crippen LogP contribution in [0.4, 0.5) is 0 Å². The highest BCUT2D eigenvalue weighted by atomic mass is 31.2. The van der Waals surface area contributed by atoms with Crippen molar-refractivity contribution in [2.24, 2.45) is 0 Å². The predicted octanol–water partition coefficient (Wildman–Crippen LogP) is 10.7. The molecule has 6 nitrogen and oxygen atoms in total. The molecule has 2 N–H and O–H groups in total. The lowest BCUT2D eigenvalue weighted by molar-refractivity contribution is -0.117. The van der Waals surface area contributed by atoms with Crippen molar-refractivity contribution in [3.05, 3.63) is 0 Å². The summed E-state index contributed by atoms with van der Waals surface area (Å²) >= 11 is 0. The molecule has 0 aliphatic rings. The van der Waals surface area contributed by atoms with Crippen LogP contribution in [-0.4, -0.2) is 40.6 Å². The minimum absolute atomic E-state index is 0.0641. The first-order valence-electron chi connectivity index (χ1n) is 18.0. The fourth-order valence-corrected chi connectivity index (χ4v) is 7.26. The summed E-state index contributed by atoms with van der Waals surface area (Å²) in [5.41, 5.74) is -1.26. The zero-order valence-corrected chi connectivity index (χ0v) is 28.7. The van der Waals surface area contributed by atoms with Crippen molar-refractivity contribution >= 4 is 18.4 Å². The molecule has 1 unspecified atom stereocenters. The van der Waals surface area contributed by atoms with E-state index in [2.05, 4.69) is 13.8 Å². The maximum Gasteiger partial charge on any atom is 0.330 e. The van der Waals surface area contributed by atoms with E-state index in [4.69, 9.17) is 9.63 Å². The summed E-state index contributed by atoms with van der Waals surface area (Å²) in [6, 6.07) is 0. The molecule has 42 heavy (non-hydrogen) atoms. The van der Waals surface area contributed by atoms with Crippen molar-refractivity contribution in [3.8, 4) is 0 Å². The lowest BCUT2D eigenvalue weighted by Crippen LogP contribution is -2.22. The van der Waals surface area contributed by atoms with Gasteiger partial charge in [-0.3, -0.25) is 14.2 Å². The molecule has 0 aliphatic heterocycles. The van der Waals surface area contributed by atoms with Gasteiger partial charge in [-0.05, 0) is 12.8 Å². The van der Waals surface area contributed by atoms with Crippen molar-refractivity contribution in [1.29, 1.82) is 0 Å². The highest BCUT2D eigenvalue weighted by Crippen LogP contribution is 2.51. The molecule has 0 aromatic carbocycles. The van der Waals surface area contributed by atoms with Gasteiger partial charge in [-0.25, -0.2) is 0 Å². The number of aliphatic hydroxyl groups is 2. The van der Waals surface area contributed by atoms with Crippen molar-refractivity contribution in [2.75, 3.05) is 13.2 Å². The van der Waals surface area contributed by atoms with E-state index in [1.54, 1.807) is 0 Å². The third-order valence-corrected chi connectivity index (χ3v) is 10.6. The molecule has 1 atom stereocenters. The molecule has 7 heteroatoms. The lowest BCUT2D eigenvalue weighted by Gasteiger charge is -2.18. The summed E-state index contributed by atoms with van der Waals surface area (Å²) < 4.78 is 18.7. The monoisotopic (exact) mass is 616 g/mol. The van der Waals surface area contributed by atoms with Crippen molar-refractivity contribution in [1.82, 2.24) is 0 Å². The van der Waals surface area contributed by atoms with Gasteiger partial charge in [0.1, 0.15) is 6.10 Å². The third kappa shape index (κ3) is 23.9. The fourth-order valence-electron chi connectivity index (χ4n) is 5.41. The normalized spacial score (nSPS) is 12.6. The van der Waals surface area contributed by atoms with Crippen LogP contribution in [0.15, 0.2) is 0 Å². The van der Waals surface area contributed by atoms with Gasteiger partial charge in [0.05, 0.1) is 13.2 Å². The summed E-state index contributed by atoms with van der Waals surface area (Å²) in [5.74, 6) is 0. The molecule has 0 radical (unpaired) electrons.